The van der Waals surface area contributed by atoms with Crippen molar-refractivity contribution in [3.05, 3.63) is 34.4 Å². The van der Waals surface area contributed by atoms with E-state index in [0.717, 1.165) is 11.8 Å². The fourth-order valence-corrected chi connectivity index (χ4v) is 5.52. The van der Waals surface area contributed by atoms with Crippen molar-refractivity contribution in [2.75, 3.05) is 18.4 Å². The first-order valence-corrected chi connectivity index (χ1v) is 9.62. The van der Waals surface area contributed by atoms with Gasteiger partial charge >= 0.3 is 6.03 Å². The van der Waals surface area contributed by atoms with Gasteiger partial charge in [-0.15, -0.1) is 0 Å². The van der Waals surface area contributed by atoms with Crippen molar-refractivity contribution >= 4 is 17.4 Å². The first-order valence-electron chi connectivity index (χ1n) is 9.62. The molecule has 4 fully saturated rings. The van der Waals surface area contributed by atoms with Crippen LogP contribution >= 0.6 is 0 Å². The third kappa shape index (κ3) is 3.48. The fraction of sp³-hybridized carbons (Fsp3) is 0.632. The van der Waals surface area contributed by atoms with Crippen molar-refractivity contribution in [2.24, 2.45) is 23.7 Å². The predicted molar refractivity (Wildman–Crippen MR) is 99.0 cm³/mol. The summed E-state index contributed by atoms with van der Waals surface area (Å²) in [6, 6.07) is 6.74. The van der Waals surface area contributed by atoms with E-state index in [2.05, 4.69) is 16.0 Å². The fourth-order valence-electron chi connectivity index (χ4n) is 5.52. The molecule has 0 aromatic heterocycles. The number of anilines is 1. The molecule has 1 aromatic carbocycles. The summed E-state index contributed by atoms with van der Waals surface area (Å²) in [7, 11) is 0. The molecule has 0 atom stereocenters. The Bertz CT molecular complexity index is 665. The van der Waals surface area contributed by atoms with Gasteiger partial charge in [-0.25, -0.2) is 4.79 Å². The second kappa shape index (κ2) is 7.13. The SMILES string of the molecule is O=C(NCCNc1ccccc1[N+](=O)[O-])NC1C2CC3CC(C2)CC1C3. The number of carbonyl (C=O) groups excluding carboxylic acids is 1. The minimum absolute atomic E-state index is 0.0468. The van der Waals surface area contributed by atoms with E-state index < -0.39 is 4.92 Å². The molecule has 1 aromatic rings. The zero-order valence-electron chi connectivity index (χ0n) is 14.8. The van der Waals surface area contributed by atoms with Gasteiger partial charge in [-0.2, -0.15) is 0 Å². The number of nitro benzene ring substituents is 1. The molecule has 0 aliphatic heterocycles. The van der Waals surface area contributed by atoms with Crippen molar-refractivity contribution in [2.45, 2.75) is 38.1 Å². The van der Waals surface area contributed by atoms with Crippen molar-refractivity contribution in [1.29, 1.82) is 0 Å². The Balaban J connectivity index is 1.22. The highest BCUT2D eigenvalue weighted by molar-refractivity contribution is 5.74. The van der Waals surface area contributed by atoms with E-state index in [9.17, 15) is 14.9 Å². The highest BCUT2D eigenvalue weighted by Crippen LogP contribution is 2.53. The van der Waals surface area contributed by atoms with Crippen LogP contribution in [0.2, 0.25) is 0 Å². The van der Waals surface area contributed by atoms with Crippen LogP contribution in [0.3, 0.4) is 0 Å². The zero-order valence-corrected chi connectivity index (χ0v) is 14.8. The van der Waals surface area contributed by atoms with Crippen LogP contribution in [0.1, 0.15) is 32.1 Å². The molecule has 0 unspecified atom stereocenters. The van der Waals surface area contributed by atoms with Gasteiger partial charge in [-0.05, 0) is 61.8 Å². The van der Waals surface area contributed by atoms with Crippen molar-refractivity contribution in [3.63, 3.8) is 0 Å². The Morgan fingerprint density at radius 1 is 1.04 bits per heavy atom. The molecular formula is C19H26N4O3. The van der Waals surface area contributed by atoms with E-state index >= 15 is 0 Å². The number of hydrogen-bond acceptors (Lipinski definition) is 4. The summed E-state index contributed by atoms with van der Waals surface area (Å²) in [5, 5.41) is 20.1. The molecular weight excluding hydrogens is 332 g/mol. The molecule has 4 aliphatic carbocycles. The molecule has 4 saturated carbocycles. The van der Waals surface area contributed by atoms with E-state index in [-0.39, 0.29) is 11.7 Å². The van der Waals surface area contributed by atoms with Gasteiger partial charge < -0.3 is 16.0 Å². The monoisotopic (exact) mass is 358 g/mol. The number of rotatable bonds is 6. The van der Waals surface area contributed by atoms with Crippen LogP contribution in [0.4, 0.5) is 16.2 Å². The van der Waals surface area contributed by atoms with Crippen LogP contribution < -0.4 is 16.0 Å². The molecule has 0 radical (unpaired) electrons. The average Bonchev–Trinajstić information content (AvgIpc) is 2.61. The van der Waals surface area contributed by atoms with Gasteiger partial charge in [0.15, 0.2) is 0 Å². The van der Waals surface area contributed by atoms with Gasteiger partial charge in [-0.3, -0.25) is 10.1 Å². The molecule has 0 saturated heterocycles. The Morgan fingerprint density at radius 3 is 2.35 bits per heavy atom. The zero-order chi connectivity index (χ0) is 18.1. The summed E-state index contributed by atoms with van der Waals surface area (Å²) < 4.78 is 0. The Labute approximate surface area is 153 Å². The summed E-state index contributed by atoms with van der Waals surface area (Å²) >= 11 is 0. The largest absolute Gasteiger partial charge is 0.378 e. The minimum Gasteiger partial charge on any atom is -0.378 e. The predicted octanol–water partition coefficient (Wildman–Crippen LogP) is 3.13. The van der Waals surface area contributed by atoms with Gasteiger partial charge in [0.05, 0.1) is 4.92 Å². The normalized spacial score (nSPS) is 31.5. The highest BCUT2D eigenvalue weighted by atomic mass is 16.6. The maximum atomic E-state index is 12.3. The minimum atomic E-state index is -0.408. The highest BCUT2D eigenvalue weighted by Gasteiger charge is 2.48. The Kier molecular flexibility index (Phi) is 4.70. The second-order valence-corrected chi connectivity index (χ2v) is 8.06. The van der Waals surface area contributed by atoms with Gasteiger partial charge in [0, 0.05) is 25.2 Å². The molecule has 3 N–H and O–H groups in total. The van der Waals surface area contributed by atoms with E-state index in [1.54, 1.807) is 18.2 Å². The number of nitrogens with one attached hydrogen (secondary N) is 3. The van der Waals surface area contributed by atoms with Crippen molar-refractivity contribution < 1.29 is 9.72 Å². The molecule has 7 nitrogen and oxygen atoms in total. The molecule has 140 valence electrons. The number of nitro groups is 1. The molecule has 4 bridgehead atoms. The quantitative estimate of drug-likeness (QED) is 0.413. The van der Waals surface area contributed by atoms with Gasteiger partial charge in [0.25, 0.3) is 5.69 Å². The Hall–Kier alpha value is -2.31. The summed E-state index contributed by atoms with van der Waals surface area (Å²) in [5.41, 5.74) is 0.520. The van der Waals surface area contributed by atoms with E-state index in [0.29, 0.717) is 36.7 Å². The Morgan fingerprint density at radius 2 is 1.69 bits per heavy atom. The maximum absolute atomic E-state index is 12.3. The lowest BCUT2D eigenvalue weighted by atomic mass is 9.54. The van der Waals surface area contributed by atoms with Gasteiger partial charge in [0.2, 0.25) is 0 Å². The number of para-hydroxylation sites is 2. The first-order chi connectivity index (χ1) is 12.6. The van der Waals surface area contributed by atoms with Gasteiger partial charge in [0.1, 0.15) is 5.69 Å². The number of amides is 2. The summed E-state index contributed by atoms with van der Waals surface area (Å²) in [4.78, 5) is 22.8. The molecule has 7 heteroatoms. The number of hydrogen-bond donors (Lipinski definition) is 3. The second-order valence-electron chi connectivity index (χ2n) is 8.06. The number of nitrogens with zero attached hydrogens (tertiary/aromatic N) is 1. The smallest absolute Gasteiger partial charge is 0.315 e. The summed E-state index contributed by atoms with van der Waals surface area (Å²) in [5.74, 6) is 3.10. The molecule has 0 spiro atoms. The lowest BCUT2D eigenvalue weighted by Crippen LogP contribution is -2.57. The third-order valence-corrected chi connectivity index (χ3v) is 6.35. The molecule has 4 aliphatic rings. The van der Waals surface area contributed by atoms with Crippen LogP contribution in [-0.4, -0.2) is 30.1 Å². The average molecular weight is 358 g/mol. The summed E-state index contributed by atoms with van der Waals surface area (Å²) in [6.07, 6.45) is 6.51. The van der Waals surface area contributed by atoms with Crippen LogP contribution in [0.5, 0.6) is 0 Å². The van der Waals surface area contributed by atoms with Crippen LogP contribution in [0.15, 0.2) is 24.3 Å². The van der Waals surface area contributed by atoms with Crippen molar-refractivity contribution in [3.8, 4) is 0 Å². The van der Waals surface area contributed by atoms with Crippen LogP contribution in [0, 0.1) is 33.8 Å². The molecule has 2 amide bonds. The number of urea groups is 1. The van der Waals surface area contributed by atoms with Crippen LogP contribution in [0.25, 0.3) is 0 Å². The molecule has 26 heavy (non-hydrogen) atoms. The summed E-state index contributed by atoms with van der Waals surface area (Å²) in [6.45, 7) is 0.866. The van der Waals surface area contributed by atoms with Crippen LogP contribution in [-0.2, 0) is 0 Å². The lowest BCUT2D eigenvalue weighted by molar-refractivity contribution is -0.384. The number of benzene rings is 1. The number of carbonyl (C=O) groups is 1. The standard InChI is InChI=1S/C19H26N4O3/c24-19(21-6-5-20-16-3-1-2-4-17(16)23(25)26)22-18-14-8-12-7-13(10-14)11-15(18)9-12/h1-4,12-15,18,20H,5-11H2,(H2,21,22,24). The molecule has 5 rings (SSSR count). The third-order valence-electron chi connectivity index (χ3n) is 6.35. The van der Waals surface area contributed by atoms with E-state index in [1.165, 1.54) is 38.2 Å². The lowest BCUT2D eigenvalue weighted by Gasteiger charge is -2.54. The van der Waals surface area contributed by atoms with Gasteiger partial charge in [-0.1, -0.05) is 12.1 Å². The first kappa shape index (κ1) is 17.1. The molecule has 0 heterocycles. The van der Waals surface area contributed by atoms with Crippen molar-refractivity contribution in [1.82, 2.24) is 10.6 Å². The van der Waals surface area contributed by atoms with E-state index in [4.69, 9.17) is 0 Å². The maximum Gasteiger partial charge on any atom is 0.315 e. The topological polar surface area (TPSA) is 96.3 Å². The van der Waals surface area contributed by atoms with E-state index in [1.807, 2.05) is 0 Å².